The summed E-state index contributed by atoms with van der Waals surface area (Å²) in [6.07, 6.45) is 0. The predicted octanol–water partition coefficient (Wildman–Crippen LogP) is 20.7. The first-order valence-corrected chi connectivity index (χ1v) is 26.0. The fourth-order valence-corrected chi connectivity index (χ4v) is 12.3. The first-order chi connectivity index (χ1) is 36.0. The van der Waals surface area contributed by atoms with Gasteiger partial charge < -0.3 is 9.80 Å². The molecule has 12 rings (SSSR count). The maximum Gasteiger partial charge on any atom is 0.0540 e. The fraction of sp³-hybridized carbons (Fsp3) is 0.111. The summed E-state index contributed by atoms with van der Waals surface area (Å²) in [6.45, 7) is 17.9. The van der Waals surface area contributed by atoms with Gasteiger partial charge in [-0.3, -0.25) is 0 Å². The quantitative estimate of drug-likeness (QED) is 0.126. The molecule has 0 atom stereocenters. The number of rotatable bonds is 10. The van der Waals surface area contributed by atoms with Gasteiger partial charge in [0.15, 0.2) is 0 Å². The topological polar surface area (TPSA) is 6.48 Å². The number of hydrogen-bond donors (Lipinski definition) is 0. The molecule has 2 heteroatoms. The van der Waals surface area contributed by atoms with E-state index >= 15 is 0 Å². The molecule has 0 aliphatic carbocycles. The highest BCUT2D eigenvalue weighted by molar-refractivity contribution is 6.28. The highest BCUT2D eigenvalue weighted by Crippen LogP contribution is 2.50. The lowest BCUT2D eigenvalue weighted by atomic mass is 9.89. The minimum Gasteiger partial charge on any atom is -0.310 e. The van der Waals surface area contributed by atoms with Gasteiger partial charge in [-0.1, -0.05) is 146 Å². The van der Waals surface area contributed by atoms with Crippen molar-refractivity contribution in [1.82, 2.24) is 0 Å². The first-order valence-electron chi connectivity index (χ1n) is 26.0. The molecule has 12 aromatic rings. The standard InChI is InChI=1S/C72H60N2/c1-45-19-15-20-46(2)67(45)55-39-56(68-47(3)21-16-22-48(68)4)42-61(41-55)73(59-27-11-9-12-28-59)65-37-33-53-32-36-64-66(38-34-54-31-35-63(65)71(53)72(54)64)74(60-29-13-10-14-30-60)62-43-57(69-49(5)23-17-24-50(69)6)40-58(44-62)70-51(7)25-18-26-52(70)8/h9-44H,1-8H3. The number of benzene rings is 12. The Bertz CT molecular complexity index is 3620. The third-order valence-electron chi connectivity index (χ3n) is 15.6. The lowest BCUT2D eigenvalue weighted by Gasteiger charge is -2.30. The van der Waals surface area contributed by atoms with E-state index in [0.717, 1.165) is 34.1 Å². The minimum atomic E-state index is 1.10. The van der Waals surface area contributed by atoms with Crippen molar-refractivity contribution in [1.29, 1.82) is 0 Å². The van der Waals surface area contributed by atoms with Crippen LogP contribution in [0.1, 0.15) is 44.5 Å². The Kier molecular flexibility index (Phi) is 11.7. The van der Waals surface area contributed by atoms with Crippen molar-refractivity contribution >= 4 is 66.4 Å². The smallest absolute Gasteiger partial charge is 0.0540 e. The van der Waals surface area contributed by atoms with Crippen LogP contribution in [-0.4, -0.2) is 0 Å². The Morgan fingerprint density at radius 2 is 0.500 bits per heavy atom. The molecule has 0 aliphatic heterocycles. The van der Waals surface area contributed by atoms with Crippen LogP contribution >= 0.6 is 0 Å². The van der Waals surface area contributed by atoms with Crippen LogP contribution in [0.25, 0.3) is 76.8 Å². The van der Waals surface area contributed by atoms with Crippen molar-refractivity contribution < 1.29 is 0 Å². The van der Waals surface area contributed by atoms with Gasteiger partial charge in [-0.05, 0) is 239 Å². The molecule has 0 aromatic heterocycles. The second kappa shape index (κ2) is 18.7. The van der Waals surface area contributed by atoms with Crippen molar-refractivity contribution in [2.45, 2.75) is 55.4 Å². The summed E-state index contributed by atoms with van der Waals surface area (Å²) < 4.78 is 0. The molecule has 0 unspecified atom stereocenters. The third kappa shape index (κ3) is 7.99. The predicted molar refractivity (Wildman–Crippen MR) is 319 cm³/mol. The molecule has 0 saturated carbocycles. The van der Waals surface area contributed by atoms with E-state index in [1.165, 1.54) is 121 Å². The molecule has 0 heterocycles. The number of hydrogen-bond acceptors (Lipinski definition) is 2. The summed E-state index contributed by atoms with van der Waals surface area (Å²) in [5.74, 6) is 0. The van der Waals surface area contributed by atoms with Crippen molar-refractivity contribution in [3.8, 4) is 44.5 Å². The molecule has 0 saturated heterocycles. The zero-order valence-electron chi connectivity index (χ0n) is 43.7. The van der Waals surface area contributed by atoms with Gasteiger partial charge in [-0.2, -0.15) is 0 Å². The monoisotopic (exact) mass is 952 g/mol. The van der Waals surface area contributed by atoms with Crippen LogP contribution in [0.3, 0.4) is 0 Å². The van der Waals surface area contributed by atoms with E-state index in [9.17, 15) is 0 Å². The van der Waals surface area contributed by atoms with Crippen LogP contribution in [-0.2, 0) is 0 Å². The fourth-order valence-electron chi connectivity index (χ4n) is 12.3. The van der Waals surface area contributed by atoms with Crippen LogP contribution in [0.15, 0.2) is 218 Å². The zero-order chi connectivity index (χ0) is 50.8. The molecule has 0 aliphatic rings. The molecule has 0 spiro atoms. The first kappa shape index (κ1) is 46.4. The Morgan fingerprint density at radius 1 is 0.230 bits per heavy atom. The molecular formula is C72H60N2. The van der Waals surface area contributed by atoms with Crippen molar-refractivity contribution in [2.75, 3.05) is 9.80 Å². The Morgan fingerprint density at radius 3 is 0.784 bits per heavy atom. The van der Waals surface area contributed by atoms with Crippen LogP contribution in [0.2, 0.25) is 0 Å². The normalized spacial score (nSPS) is 11.5. The average Bonchev–Trinajstić information content (AvgIpc) is 3.39. The van der Waals surface area contributed by atoms with E-state index in [-0.39, 0.29) is 0 Å². The molecular weight excluding hydrogens is 893 g/mol. The molecule has 0 fully saturated rings. The maximum atomic E-state index is 2.49. The van der Waals surface area contributed by atoms with E-state index in [0.29, 0.717) is 0 Å². The van der Waals surface area contributed by atoms with E-state index in [1.54, 1.807) is 0 Å². The number of para-hydroxylation sites is 2. The Hall–Kier alpha value is -8.72. The maximum absolute atomic E-state index is 2.49. The number of anilines is 6. The Labute approximate surface area is 436 Å². The van der Waals surface area contributed by atoms with Crippen LogP contribution in [0.5, 0.6) is 0 Å². The summed E-state index contributed by atoms with van der Waals surface area (Å²) in [4.78, 5) is 4.98. The second-order valence-corrected chi connectivity index (χ2v) is 20.5. The van der Waals surface area contributed by atoms with E-state index in [4.69, 9.17) is 0 Å². The van der Waals surface area contributed by atoms with Crippen LogP contribution in [0.4, 0.5) is 34.1 Å². The van der Waals surface area contributed by atoms with Crippen molar-refractivity contribution in [3.05, 3.63) is 263 Å². The summed E-state index contributed by atoms with van der Waals surface area (Å²) in [6, 6.07) is 81.6. The highest BCUT2D eigenvalue weighted by atomic mass is 15.1. The summed E-state index contributed by atoms with van der Waals surface area (Å²) in [7, 11) is 0. The Balaban J connectivity index is 1.12. The third-order valence-corrected chi connectivity index (χ3v) is 15.6. The number of nitrogens with zero attached hydrogens (tertiary/aromatic N) is 2. The molecule has 0 bridgehead atoms. The van der Waals surface area contributed by atoms with Gasteiger partial charge in [0.1, 0.15) is 0 Å². The van der Waals surface area contributed by atoms with Gasteiger partial charge in [0.05, 0.1) is 11.4 Å². The van der Waals surface area contributed by atoms with Gasteiger partial charge in [-0.15, -0.1) is 0 Å². The summed E-state index contributed by atoms with van der Waals surface area (Å²) in [5.41, 5.74) is 26.8. The highest BCUT2D eigenvalue weighted by Gasteiger charge is 2.25. The molecule has 2 nitrogen and oxygen atoms in total. The molecule has 12 aromatic carbocycles. The van der Waals surface area contributed by atoms with Gasteiger partial charge in [0, 0.05) is 33.5 Å². The SMILES string of the molecule is Cc1cccc(C)c1-c1cc(-c2c(C)cccc2C)cc(N(c2ccccc2)c2ccc3ccc4c(N(c5ccccc5)c5cc(-c6c(C)cccc6C)cc(-c6c(C)cccc6C)c5)ccc5ccc2c3c54)c1. The number of aryl methyl sites for hydroxylation is 8. The van der Waals surface area contributed by atoms with Crippen LogP contribution < -0.4 is 9.80 Å². The van der Waals surface area contributed by atoms with E-state index in [2.05, 4.69) is 284 Å². The summed E-state index contributed by atoms with van der Waals surface area (Å²) in [5, 5.41) is 7.35. The van der Waals surface area contributed by atoms with Crippen LogP contribution in [0, 0.1) is 55.4 Å². The molecule has 0 N–H and O–H groups in total. The lowest BCUT2D eigenvalue weighted by molar-refractivity contribution is 1.29. The lowest BCUT2D eigenvalue weighted by Crippen LogP contribution is -2.12. The van der Waals surface area contributed by atoms with E-state index in [1.807, 2.05) is 0 Å². The van der Waals surface area contributed by atoms with Crippen molar-refractivity contribution in [3.63, 3.8) is 0 Å². The molecule has 358 valence electrons. The van der Waals surface area contributed by atoms with E-state index < -0.39 is 0 Å². The second-order valence-electron chi connectivity index (χ2n) is 20.5. The van der Waals surface area contributed by atoms with Gasteiger partial charge in [-0.25, -0.2) is 0 Å². The molecule has 0 amide bonds. The van der Waals surface area contributed by atoms with Gasteiger partial charge in [0.2, 0.25) is 0 Å². The average molecular weight is 953 g/mol. The molecule has 74 heavy (non-hydrogen) atoms. The zero-order valence-corrected chi connectivity index (χ0v) is 43.7. The van der Waals surface area contributed by atoms with Crippen molar-refractivity contribution in [2.24, 2.45) is 0 Å². The molecule has 0 radical (unpaired) electrons. The van der Waals surface area contributed by atoms with Gasteiger partial charge >= 0.3 is 0 Å². The van der Waals surface area contributed by atoms with Gasteiger partial charge in [0.25, 0.3) is 0 Å². The minimum absolute atomic E-state index is 1.10. The summed E-state index contributed by atoms with van der Waals surface area (Å²) >= 11 is 0. The largest absolute Gasteiger partial charge is 0.310 e.